The quantitative estimate of drug-likeness (QED) is 0.673. The molecule has 20 heavy (non-hydrogen) atoms. The molecule has 0 atom stereocenters. The maximum atomic E-state index is 13.4. The van der Waals surface area contributed by atoms with Crippen LogP contribution in [0.1, 0.15) is 0 Å². The zero-order valence-electron chi connectivity index (χ0n) is 10.5. The standard InChI is InChI=1S/C12H11FN6O/c1-20-8-4-6(2-3-7(8)13)17-11-9-10(16-5-15-9)18-12(14)19-11/h2-5H,1H3,(H4,14,15,16,17,18,19). The van der Waals surface area contributed by atoms with Crippen LogP contribution in [0.2, 0.25) is 0 Å². The van der Waals surface area contributed by atoms with Crippen LogP contribution in [0, 0.1) is 5.82 Å². The van der Waals surface area contributed by atoms with Gasteiger partial charge in [-0.2, -0.15) is 9.97 Å². The van der Waals surface area contributed by atoms with Gasteiger partial charge in [-0.05, 0) is 12.1 Å². The molecule has 3 rings (SSSR count). The van der Waals surface area contributed by atoms with E-state index < -0.39 is 5.82 Å². The van der Waals surface area contributed by atoms with Gasteiger partial charge in [0.05, 0.1) is 13.4 Å². The van der Waals surface area contributed by atoms with Crippen LogP contribution in [0.3, 0.4) is 0 Å². The van der Waals surface area contributed by atoms with Crippen molar-refractivity contribution in [3.05, 3.63) is 30.3 Å². The molecule has 0 radical (unpaired) electrons. The van der Waals surface area contributed by atoms with Crippen molar-refractivity contribution in [1.29, 1.82) is 0 Å². The summed E-state index contributed by atoms with van der Waals surface area (Å²) in [5, 5.41) is 3.03. The van der Waals surface area contributed by atoms with E-state index in [4.69, 9.17) is 10.5 Å². The van der Waals surface area contributed by atoms with Gasteiger partial charge in [0, 0.05) is 11.8 Å². The summed E-state index contributed by atoms with van der Waals surface area (Å²) < 4.78 is 18.3. The first kappa shape index (κ1) is 12.2. The lowest BCUT2D eigenvalue weighted by molar-refractivity contribution is 0.387. The first-order valence-electron chi connectivity index (χ1n) is 5.74. The molecule has 1 aromatic carbocycles. The Morgan fingerprint density at radius 1 is 1.35 bits per heavy atom. The van der Waals surface area contributed by atoms with Crippen LogP contribution < -0.4 is 15.8 Å². The third-order valence-corrected chi connectivity index (χ3v) is 2.72. The molecule has 7 nitrogen and oxygen atoms in total. The number of fused-ring (bicyclic) bond motifs is 1. The number of imidazole rings is 1. The largest absolute Gasteiger partial charge is 0.494 e. The summed E-state index contributed by atoms with van der Waals surface area (Å²) in [7, 11) is 1.40. The monoisotopic (exact) mass is 274 g/mol. The summed E-state index contributed by atoms with van der Waals surface area (Å²) in [6.07, 6.45) is 1.50. The fraction of sp³-hybridized carbons (Fsp3) is 0.0833. The molecule has 0 saturated heterocycles. The van der Waals surface area contributed by atoms with E-state index in [1.165, 1.54) is 25.6 Å². The van der Waals surface area contributed by atoms with E-state index in [9.17, 15) is 4.39 Å². The van der Waals surface area contributed by atoms with Gasteiger partial charge in [-0.1, -0.05) is 0 Å². The fourth-order valence-corrected chi connectivity index (χ4v) is 1.81. The minimum Gasteiger partial charge on any atom is -0.494 e. The van der Waals surface area contributed by atoms with Gasteiger partial charge in [-0.3, -0.25) is 0 Å². The fourth-order valence-electron chi connectivity index (χ4n) is 1.81. The highest BCUT2D eigenvalue weighted by Crippen LogP contribution is 2.26. The number of anilines is 3. The van der Waals surface area contributed by atoms with Gasteiger partial charge < -0.3 is 20.8 Å². The highest BCUT2D eigenvalue weighted by Gasteiger charge is 2.10. The highest BCUT2D eigenvalue weighted by atomic mass is 19.1. The highest BCUT2D eigenvalue weighted by molar-refractivity contribution is 5.85. The van der Waals surface area contributed by atoms with E-state index in [2.05, 4.69) is 25.3 Å². The molecular weight excluding hydrogens is 263 g/mol. The van der Waals surface area contributed by atoms with Crippen molar-refractivity contribution in [1.82, 2.24) is 19.9 Å². The Hall–Kier alpha value is -2.90. The second-order valence-electron chi connectivity index (χ2n) is 4.01. The molecule has 2 heterocycles. The number of halogens is 1. The van der Waals surface area contributed by atoms with Gasteiger partial charge in [0.15, 0.2) is 23.0 Å². The van der Waals surface area contributed by atoms with E-state index in [1.54, 1.807) is 6.07 Å². The van der Waals surface area contributed by atoms with Gasteiger partial charge in [-0.25, -0.2) is 9.37 Å². The number of aromatic nitrogens is 4. The average Bonchev–Trinajstić information content (AvgIpc) is 2.89. The average molecular weight is 274 g/mol. The molecule has 0 aliphatic heterocycles. The Balaban J connectivity index is 2.02. The minimum atomic E-state index is -0.438. The first-order chi connectivity index (χ1) is 9.67. The van der Waals surface area contributed by atoms with Crippen LogP contribution in [-0.4, -0.2) is 27.0 Å². The summed E-state index contributed by atoms with van der Waals surface area (Å²) in [4.78, 5) is 15.0. The molecule has 3 aromatic rings. The molecule has 0 saturated carbocycles. The van der Waals surface area contributed by atoms with Crippen molar-refractivity contribution in [2.45, 2.75) is 0 Å². The van der Waals surface area contributed by atoms with Crippen LogP contribution in [0.15, 0.2) is 24.5 Å². The number of hydrogen-bond acceptors (Lipinski definition) is 6. The normalized spacial score (nSPS) is 10.7. The molecule has 4 N–H and O–H groups in total. The molecule has 0 bridgehead atoms. The van der Waals surface area contributed by atoms with Gasteiger partial charge in [0.25, 0.3) is 0 Å². The first-order valence-corrected chi connectivity index (χ1v) is 5.74. The smallest absolute Gasteiger partial charge is 0.224 e. The Bertz CT molecular complexity index is 772. The summed E-state index contributed by atoms with van der Waals surface area (Å²) in [5.41, 5.74) is 7.29. The van der Waals surface area contributed by atoms with Crippen molar-refractivity contribution < 1.29 is 9.13 Å². The second-order valence-corrected chi connectivity index (χ2v) is 4.01. The minimum absolute atomic E-state index is 0.0983. The lowest BCUT2D eigenvalue weighted by Crippen LogP contribution is -2.01. The maximum Gasteiger partial charge on any atom is 0.224 e. The number of nitrogens with two attached hydrogens (primary N) is 1. The Labute approximate surface area is 113 Å². The Morgan fingerprint density at radius 2 is 2.20 bits per heavy atom. The number of nitrogens with zero attached hydrogens (tertiary/aromatic N) is 3. The summed E-state index contributed by atoms with van der Waals surface area (Å²) in [6.45, 7) is 0. The number of nitrogen functional groups attached to an aromatic ring is 1. The lowest BCUT2D eigenvalue weighted by Gasteiger charge is -2.09. The third-order valence-electron chi connectivity index (χ3n) is 2.72. The molecule has 0 aliphatic carbocycles. The van der Waals surface area contributed by atoms with Gasteiger partial charge in [0.1, 0.15) is 5.52 Å². The van der Waals surface area contributed by atoms with E-state index in [0.717, 1.165) is 0 Å². The molecule has 0 amide bonds. The van der Waals surface area contributed by atoms with Crippen LogP contribution >= 0.6 is 0 Å². The summed E-state index contributed by atoms with van der Waals surface area (Å²) in [5.74, 6) is 0.254. The number of hydrogen-bond donors (Lipinski definition) is 3. The topological polar surface area (TPSA) is 102 Å². The Kier molecular flexibility index (Phi) is 2.82. The van der Waals surface area contributed by atoms with Crippen LogP contribution in [0.25, 0.3) is 11.2 Å². The molecule has 2 aromatic heterocycles. The van der Waals surface area contributed by atoms with Crippen LogP contribution in [-0.2, 0) is 0 Å². The third kappa shape index (κ3) is 2.07. The van der Waals surface area contributed by atoms with E-state index in [-0.39, 0.29) is 11.7 Å². The number of ether oxygens (including phenoxy) is 1. The van der Waals surface area contributed by atoms with Crippen molar-refractivity contribution in [2.24, 2.45) is 0 Å². The molecule has 102 valence electrons. The molecular formula is C12H11FN6O. The number of aromatic amines is 1. The predicted molar refractivity (Wildman–Crippen MR) is 72.3 cm³/mol. The van der Waals surface area contributed by atoms with Crippen molar-refractivity contribution in [2.75, 3.05) is 18.2 Å². The zero-order chi connectivity index (χ0) is 14.1. The molecule has 0 spiro atoms. The number of methoxy groups -OCH3 is 1. The second kappa shape index (κ2) is 4.65. The molecule has 8 heteroatoms. The van der Waals surface area contributed by atoms with Crippen molar-refractivity contribution in [3.8, 4) is 5.75 Å². The van der Waals surface area contributed by atoms with Gasteiger partial charge >= 0.3 is 0 Å². The van der Waals surface area contributed by atoms with Crippen molar-refractivity contribution >= 4 is 28.6 Å². The van der Waals surface area contributed by atoms with E-state index in [1.807, 2.05) is 0 Å². The van der Waals surface area contributed by atoms with Crippen molar-refractivity contribution in [3.63, 3.8) is 0 Å². The number of H-pyrrole nitrogens is 1. The lowest BCUT2D eigenvalue weighted by atomic mass is 10.3. The summed E-state index contributed by atoms with van der Waals surface area (Å²) in [6, 6.07) is 4.39. The Morgan fingerprint density at radius 3 is 3.00 bits per heavy atom. The van der Waals surface area contributed by atoms with Crippen LogP contribution in [0.4, 0.5) is 21.8 Å². The van der Waals surface area contributed by atoms with Gasteiger partial charge in [-0.15, -0.1) is 0 Å². The maximum absolute atomic E-state index is 13.4. The van der Waals surface area contributed by atoms with Gasteiger partial charge in [0.2, 0.25) is 5.95 Å². The van der Waals surface area contributed by atoms with E-state index >= 15 is 0 Å². The SMILES string of the molecule is COc1cc(Nc2nc(N)nc3nc[nH]c23)ccc1F. The van der Waals surface area contributed by atoms with E-state index in [0.29, 0.717) is 22.7 Å². The molecule has 0 aliphatic rings. The number of rotatable bonds is 3. The summed E-state index contributed by atoms with van der Waals surface area (Å²) >= 11 is 0. The number of nitrogens with one attached hydrogen (secondary N) is 2. The molecule has 0 fully saturated rings. The van der Waals surface area contributed by atoms with Crippen LogP contribution in [0.5, 0.6) is 5.75 Å². The predicted octanol–water partition coefficient (Wildman–Crippen LogP) is 1.83. The molecule has 0 unspecified atom stereocenters. The zero-order valence-corrected chi connectivity index (χ0v) is 10.5. The number of benzene rings is 1.